The van der Waals surface area contributed by atoms with E-state index in [0.29, 0.717) is 12.6 Å². The van der Waals surface area contributed by atoms with Gasteiger partial charge in [-0.15, -0.1) is 0 Å². The van der Waals surface area contributed by atoms with E-state index < -0.39 is 0 Å². The van der Waals surface area contributed by atoms with Gasteiger partial charge in [0.15, 0.2) is 0 Å². The van der Waals surface area contributed by atoms with Gasteiger partial charge < -0.3 is 11.1 Å². The number of nitrogens with two attached hydrogens (primary N) is 1. The molecule has 0 saturated heterocycles. The smallest absolute Gasteiger partial charge is 0.227 e. The van der Waals surface area contributed by atoms with Gasteiger partial charge in [-0.25, -0.2) is 0 Å². The van der Waals surface area contributed by atoms with Crippen molar-refractivity contribution in [2.24, 2.45) is 11.1 Å². The molecule has 0 aromatic heterocycles. The molecule has 0 aliphatic heterocycles. The van der Waals surface area contributed by atoms with Crippen molar-refractivity contribution in [3.63, 3.8) is 0 Å². The predicted octanol–water partition coefficient (Wildman–Crippen LogP) is 2.20. The maximum atomic E-state index is 12.3. The molecule has 0 heterocycles. The number of hydrogen-bond acceptors (Lipinski definition) is 2. The Morgan fingerprint density at radius 1 is 1.31 bits per heavy atom. The van der Waals surface area contributed by atoms with Crippen molar-refractivity contribution in [2.45, 2.75) is 64.8 Å². The van der Waals surface area contributed by atoms with Crippen LogP contribution in [0.3, 0.4) is 0 Å². The van der Waals surface area contributed by atoms with Crippen molar-refractivity contribution < 1.29 is 4.79 Å². The first kappa shape index (κ1) is 13.5. The van der Waals surface area contributed by atoms with E-state index in [-0.39, 0.29) is 11.3 Å². The lowest BCUT2D eigenvalue weighted by molar-refractivity contribution is -0.132. The van der Waals surface area contributed by atoms with Gasteiger partial charge in [-0.05, 0) is 32.1 Å². The fourth-order valence-corrected chi connectivity index (χ4v) is 2.50. The highest BCUT2D eigenvalue weighted by Gasteiger charge is 2.36. The molecule has 1 rings (SSSR count). The van der Waals surface area contributed by atoms with E-state index in [4.69, 9.17) is 5.73 Å². The molecule has 3 heteroatoms. The summed E-state index contributed by atoms with van der Waals surface area (Å²) < 4.78 is 0. The van der Waals surface area contributed by atoms with Crippen LogP contribution in [0.4, 0.5) is 0 Å². The van der Waals surface area contributed by atoms with Gasteiger partial charge in [0.05, 0.1) is 5.41 Å². The predicted molar refractivity (Wildman–Crippen MR) is 67.1 cm³/mol. The van der Waals surface area contributed by atoms with Crippen molar-refractivity contribution in [3.8, 4) is 0 Å². The molecular weight excluding hydrogens is 200 g/mol. The maximum absolute atomic E-state index is 12.3. The number of amides is 1. The van der Waals surface area contributed by atoms with Crippen LogP contribution in [0, 0.1) is 5.41 Å². The Bertz CT molecular complexity index is 218. The first-order valence-corrected chi connectivity index (χ1v) is 6.69. The van der Waals surface area contributed by atoms with Gasteiger partial charge in [-0.2, -0.15) is 0 Å². The summed E-state index contributed by atoms with van der Waals surface area (Å²) in [6.07, 6.45) is 7.41. The molecule has 0 atom stereocenters. The minimum atomic E-state index is -0.306. The molecule has 1 aliphatic rings. The summed E-state index contributed by atoms with van der Waals surface area (Å²) in [5.74, 6) is 0.198. The molecule has 0 radical (unpaired) electrons. The molecule has 1 amide bonds. The second-order valence-electron chi connectivity index (χ2n) is 5.09. The quantitative estimate of drug-likeness (QED) is 0.699. The number of nitrogens with one attached hydrogen (secondary N) is 1. The van der Waals surface area contributed by atoms with Crippen LogP contribution >= 0.6 is 0 Å². The van der Waals surface area contributed by atoms with Gasteiger partial charge >= 0.3 is 0 Å². The summed E-state index contributed by atoms with van der Waals surface area (Å²) in [4.78, 5) is 12.3. The van der Waals surface area contributed by atoms with Gasteiger partial charge in [0, 0.05) is 12.6 Å². The molecule has 1 saturated carbocycles. The van der Waals surface area contributed by atoms with Crippen LogP contribution in [0.2, 0.25) is 0 Å². The maximum Gasteiger partial charge on any atom is 0.227 e. The standard InChI is InChI=1S/C13H26N2O/c1-3-8-13(10-14,9-4-2)12(16)15-11-6-5-7-11/h11H,3-10,14H2,1-2H3,(H,15,16). The minimum Gasteiger partial charge on any atom is -0.353 e. The summed E-state index contributed by atoms with van der Waals surface area (Å²) in [6, 6.07) is 0.423. The normalized spacial score (nSPS) is 16.9. The monoisotopic (exact) mass is 226 g/mol. The fourth-order valence-electron chi connectivity index (χ4n) is 2.50. The minimum absolute atomic E-state index is 0.198. The first-order valence-electron chi connectivity index (χ1n) is 6.69. The van der Waals surface area contributed by atoms with Gasteiger partial charge in [-0.1, -0.05) is 26.7 Å². The topological polar surface area (TPSA) is 55.1 Å². The molecule has 94 valence electrons. The highest BCUT2D eigenvalue weighted by Crippen LogP contribution is 2.30. The molecule has 3 N–H and O–H groups in total. The van der Waals surface area contributed by atoms with E-state index in [0.717, 1.165) is 38.5 Å². The van der Waals surface area contributed by atoms with Gasteiger partial charge in [0.1, 0.15) is 0 Å². The van der Waals surface area contributed by atoms with E-state index in [1.807, 2.05) is 0 Å². The fraction of sp³-hybridized carbons (Fsp3) is 0.923. The third kappa shape index (κ3) is 2.97. The molecule has 0 aromatic rings. The summed E-state index contributed by atoms with van der Waals surface area (Å²) in [7, 11) is 0. The van der Waals surface area contributed by atoms with Crippen molar-refractivity contribution in [3.05, 3.63) is 0 Å². The summed E-state index contributed by atoms with van der Waals surface area (Å²) in [6.45, 7) is 4.72. The second kappa shape index (κ2) is 6.24. The zero-order valence-electron chi connectivity index (χ0n) is 10.7. The van der Waals surface area contributed by atoms with E-state index >= 15 is 0 Å². The van der Waals surface area contributed by atoms with E-state index in [1.54, 1.807) is 0 Å². The molecule has 0 spiro atoms. The Morgan fingerprint density at radius 2 is 1.88 bits per heavy atom. The van der Waals surface area contributed by atoms with Crippen LogP contribution in [0.5, 0.6) is 0 Å². The highest BCUT2D eigenvalue weighted by atomic mass is 16.2. The first-order chi connectivity index (χ1) is 7.68. The molecule has 0 bridgehead atoms. The van der Waals surface area contributed by atoms with E-state index in [2.05, 4.69) is 19.2 Å². The van der Waals surface area contributed by atoms with Crippen LogP contribution in [-0.4, -0.2) is 18.5 Å². The summed E-state index contributed by atoms with van der Waals surface area (Å²) in [5.41, 5.74) is 5.55. The SMILES string of the molecule is CCCC(CN)(CCC)C(=O)NC1CCC1. The third-order valence-corrected chi connectivity index (χ3v) is 3.77. The van der Waals surface area contributed by atoms with Gasteiger partial charge in [0.2, 0.25) is 5.91 Å². The van der Waals surface area contributed by atoms with Gasteiger partial charge in [-0.3, -0.25) is 4.79 Å². The van der Waals surface area contributed by atoms with Gasteiger partial charge in [0.25, 0.3) is 0 Å². The molecule has 0 unspecified atom stereocenters. The zero-order valence-corrected chi connectivity index (χ0v) is 10.7. The number of carbonyl (C=O) groups is 1. The highest BCUT2D eigenvalue weighted by molar-refractivity contribution is 5.83. The average molecular weight is 226 g/mol. The Balaban J connectivity index is 2.60. The lowest BCUT2D eigenvalue weighted by Gasteiger charge is -2.35. The van der Waals surface area contributed by atoms with E-state index in [9.17, 15) is 4.79 Å². The Labute approximate surface area is 99.2 Å². The number of rotatable bonds is 7. The molecular formula is C13H26N2O. The van der Waals surface area contributed by atoms with Crippen LogP contribution in [0.1, 0.15) is 58.8 Å². The zero-order chi connectivity index (χ0) is 12.0. The Hall–Kier alpha value is -0.570. The molecule has 1 fully saturated rings. The summed E-state index contributed by atoms with van der Waals surface area (Å²) >= 11 is 0. The van der Waals surface area contributed by atoms with Crippen LogP contribution < -0.4 is 11.1 Å². The Kier molecular flexibility index (Phi) is 5.26. The van der Waals surface area contributed by atoms with Crippen molar-refractivity contribution >= 4 is 5.91 Å². The third-order valence-electron chi connectivity index (χ3n) is 3.77. The van der Waals surface area contributed by atoms with Crippen molar-refractivity contribution in [1.29, 1.82) is 0 Å². The molecule has 1 aliphatic carbocycles. The van der Waals surface area contributed by atoms with Crippen LogP contribution in [-0.2, 0) is 4.79 Å². The Morgan fingerprint density at radius 3 is 2.19 bits per heavy atom. The number of hydrogen-bond donors (Lipinski definition) is 2. The van der Waals surface area contributed by atoms with Crippen LogP contribution in [0.25, 0.3) is 0 Å². The average Bonchev–Trinajstić information content (AvgIpc) is 2.22. The molecule has 0 aromatic carbocycles. The molecule has 3 nitrogen and oxygen atoms in total. The summed E-state index contributed by atoms with van der Waals surface area (Å²) in [5, 5.41) is 3.16. The van der Waals surface area contributed by atoms with Crippen LogP contribution in [0.15, 0.2) is 0 Å². The molecule has 16 heavy (non-hydrogen) atoms. The lowest BCUT2D eigenvalue weighted by atomic mass is 9.77. The second-order valence-corrected chi connectivity index (χ2v) is 5.09. The van der Waals surface area contributed by atoms with Crippen molar-refractivity contribution in [2.75, 3.05) is 6.54 Å². The van der Waals surface area contributed by atoms with E-state index in [1.165, 1.54) is 6.42 Å². The largest absolute Gasteiger partial charge is 0.353 e. The lowest BCUT2D eigenvalue weighted by Crippen LogP contribution is -2.51. The number of carbonyl (C=O) groups excluding carboxylic acids is 1. The van der Waals surface area contributed by atoms with Crippen molar-refractivity contribution in [1.82, 2.24) is 5.32 Å².